The number of methoxy groups -OCH3 is 1. The summed E-state index contributed by atoms with van der Waals surface area (Å²) in [6, 6.07) is 1.14. The Balaban J connectivity index is 2.68. The number of hydrogen-bond acceptors (Lipinski definition) is 2. The summed E-state index contributed by atoms with van der Waals surface area (Å²) in [5.74, 6) is -2.64. The number of fused-ring (bicyclic) bond motifs is 1. The van der Waals surface area contributed by atoms with Gasteiger partial charge in [-0.05, 0) is 11.6 Å². The lowest BCUT2D eigenvalue weighted by atomic mass is 10.1. The molecule has 0 saturated heterocycles. The third-order valence-corrected chi connectivity index (χ3v) is 2.43. The summed E-state index contributed by atoms with van der Waals surface area (Å²) in [6.07, 6.45) is 0. The van der Waals surface area contributed by atoms with Crippen LogP contribution < -0.4 is 4.74 Å². The molecular weight excluding hydrogens is 204 g/mol. The monoisotopic (exact) mass is 213 g/mol. The molecule has 15 heavy (non-hydrogen) atoms. The van der Waals surface area contributed by atoms with Crippen LogP contribution in [-0.2, 0) is 6.54 Å². The molecule has 5 heteroatoms. The molecule has 1 heterocycles. The number of carbonyl (C=O) groups excluding carboxylic acids is 1. The van der Waals surface area contributed by atoms with Crippen LogP contribution in [-0.4, -0.2) is 25.0 Å². The Morgan fingerprint density at radius 1 is 1.47 bits per heavy atom. The number of amides is 1. The summed E-state index contributed by atoms with van der Waals surface area (Å²) in [5, 5.41) is 0. The minimum Gasteiger partial charge on any atom is -0.491 e. The van der Waals surface area contributed by atoms with Crippen LogP contribution in [0.15, 0.2) is 6.07 Å². The van der Waals surface area contributed by atoms with Gasteiger partial charge in [0.05, 0.1) is 12.7 Å². The highest BCUT2D eigenvalue weighted by molar-refractivity contribution is 5.98. The zero-order chi connectivity index (χ0) is 11.2. The van der Waals surface area contributed by atoms with Gasteiger partial charge in [-0.2, -0.15) is 0 Å². The molecule has 1 aromatic rings. The van der Waals surface area contributed by atoms with E-state index in [9.17, 15) is 13.6 Å². The molecule has 0 spiro atoms. The molecule has 0 saturated carbocycles. The Morgan fingerprint density at radius 2 is 2.13 bits per heavy atom. The van der Waals surface area contributed by atoms with Crippen LogP contribution in [0.3, 0.4) is 0 Å². The fourth-order valence-electron chi connectivity index (χ4n) is 1.71. The first-order valence-corrected chi connectivity index (χ1v) is 4.36. The third-order valence-electron chi connectivity index (χ3n) is 2.43. The van der Waals surface area contributed by atoms with Gasteiger partial charge in [0.2, 0.25) is 0 Å². The van der Waals surface area contributed by atoms with E-state index in [2.05, 4.69) is 4.74 Å². The van der Waals surface area contributed by atoms with Gasteiger partial charge >= 0.3 is 0 Å². The van der Waals surface area contributed by atoms with Crippen molar-refractivity contribution in [3.63, 3.8) is 0 Å². The van der Waals surface area contributed by atoms with Crippen molar-refractivity contribution in [1.29, 1.82) is 0 Å². The number of benzene rings is 1. The first-order chi connectivity index (χ1) is 7.06. The maximum atomic E-state index is 13.6. The highest BCUT2D eigenvalue weighted by atomic mass is 19.1. The number of rotatable bonds is 1. The van der Waals surface area contributed by atoms with Crippen LogP contribution >= 0.6 is 0 Å². The first-order valence-electron chi connectivity index (χ1n) is 4.36. The minimum atomic E-state index is -0.915. The van der Waals surface area contributed by atoms with Crippen LogP contribution in [0.1, 0.15) is 15.9 Å². The summed E-state index contributed by atoms with van der Waals surface area (Å²) in [4.78, 5) is 12.8. The highest BCUT2D eigenvalue weighted by Crippen LogP contribution is 2.32. The van der Waals surface area contributed by atoms with E-state index in [-0.39, 0.29) is 12.1 Å². The highest BCUT2D eigenvalue weighted by Gasteiger charge is 2.31. The van der Waals surface area contributed by atoms with Gasteiger partial charge in [-0.25, -0.2) is 8.78 Å². The fraction of sp³-hybridized carbons (Fsp3) is 0.300. The number of halogens is 2. The molecule has 3 nitrogen and oxygen atoms in total. The molecule has 0 aromatic heterocycles. The predicted molar refractivity (Wildman–Crippen MR) is 48.7 cm³/mol. The van der Waals surface area contributed by atoms with E-state index in [0.29, 0.717) is 5.56 Å². The van der Waals surface area contributed by atoms with E-state index < -0.39 is 23.3 Å². The van der Waals surface area contributed by atoms with Gasteiger partial charge in [0.15, 0.2) is 17.4 Å². The van der Waals surface area contributed by atoms with Gasteiger partial charge in [0.1, 0.15) is 0 Å². The molecule has 0 aliphatic carbocycles. The zero-order valence-corrected chi connectivity index (χ0v) is 8.30. The lowest BCUT2D eigenvalue weighted by Gasteiger charge is -2.06. The molecule has 0 atom stereocenters. The molecule has 0 fully saturated rings. The smallest absolute Gasteiger partial charge is 0.257 e. The van der Waals surface area contributed by atoms with Gasteiger partial charge < -0.3 is 9.64 Å². The van der Waals surface area contributed by atoms with Crippen molar-refractivity contribution in [3.8, 4) is 5.75 Å². The molecule has 0 N–H and O–H groups in total. The molecule has 1 aliphatic heterocycles. The van der Waals surface area contributed by atoms with Crippen molar-refractivity contribution in [3.05, 3.63) is 28.8 Å². The summed E-state index contributed by atoms with van der Waals surface area (Å²) >= 11 is 0. The van der Waals surface area contributed by atoms with Crippen molar-refractivity contribution in [2.45, 2.75) is 6.54 Å². The molecule has 0 radical (unpaired) electrons. The second-order valence-corrected chi connectivity index (χ2v) is 3.40. The van der Waals surface area contributed by atoms with E-state index >= 15 is 0 Å². The quantitative estimate of drug-likeness (QED) is 0.708. The summed E-state index contributed by atoms with van der Waals surface area (Å²) in [6.45, 7) is 0.228. The predicted octanol–water partition coefficient (Wildman–Crippen LogP) is 1.56. The summed E-state index contributed by atoms with van der Waals surface area (Å²) < 4.78 is 31.5. The molecule has 0 bridgehead atoms. The van der Waals surface area contributed by atoms with Crippen molar-refractivity contribution < 1.29 is 18.3 Å². The van der Waals surface area contributed by atoms with E-state index in [0.717, 1.165) is 13.2 Å². The van der Waals surface area contributed by atoms with E-state index in [1.54, 1.807) is 0 Å². The van der Waals surface area contributed by atoms with Gasteiger partial charge in [0, 0.05) is 13.6 Å². The molecule has 1 amide bonds. The van der Waals surface area contributed by atoms with Crippen molar-refractivity contribution in [2.75, 3.05) is 14.2 Å². The van der Waals surface area contributed by atoms with E-state index in [1.807, 2.05) is 0 Å². The van der Waals surface area contributed by atoms with Gasteiger partial charge in [-0.3, -0.25) is 4.79 Å². The topological polar surface area (TPSA) is 29.5 Å². The number of nitrogens with zero attached hydrogens (tertiary/aromatic N) is 1. The number of hydrogen-bond donors (Lipinski definition) is 0. The Morgan fingerprint density at radius 3 is 2.73 bits per heavy atom. The zero-order valence-electron chi connectivity index (χ0n) is 8.30. The summed E-state index contributed by atoms with van der Waals surface area (Å²) in [7, 11) is 2.70. The molecule has 1 aliphatic rings. The van der Waals surface area contributed by atoms with E-state index in [4.69, 9.17) is 0 Å². The Kier molecular flexibility index (Phi) is 2.10. The molecule has 2 rings (SSSR count). The van der Waals surface area contributed by atoms with Gasteiger partial charge in [-0.1, -0.05) is 0 Å². The maximum absolute atomic E-state index is 13.6. The summed E-state index contributed by atoms with van der Waals surface area (Å²) in [5.41, 5.74) is 0.272. The van der Waals surface area contributed by atoms with Crippen LogP contribution in [0.4, 0.5) is 8.78 Å². The average molecular weight is 213 g/mol. The number of carbonyl (C=O) groups is 1. The van der Waals surface area contributed by atoms with Crippen LogP contribution in [0.2, 0.25) is 0 Å². The van der Waals surface area contributed by atoms with E-state index in [1.165, 1.54) is 11.9 Å². The van der Waals surface area contributed by atoms with Crippen molar-refractivity contribution >= 4 is 5.91 Å². The average Bonchev–Trinajstić information content (AvgIpc) is 2.43. The number of ether oxygens (including phenoxy) is 1. The fourth-order valence-corrected chi connectivity index (χ4v) is 1.71. The molecule has 0 unspecified atom stereocenters. The lowest BCUT2D eigenvalue weighted by Crippen LogP contribution is -2.18. The Labute approximate surface area is 85.3 Å². The van der Waals surface area contributed by atoms with Crippen molar-refractivity contribution in [1.82, 2.24) is 4.90 Å². The van der Waals surface area contributed by atoms with Crippen LogP contribution in [0, 0.1) is 11.6 Å². The molecule has 1 aromatic carbocycles. The largest absolute Gasteiger partial charge is 0.491 e. The Hall–Kier alpha value is -1.65. The third kappa shape index (κ3) is 1.26. The normalized spacial score (nSPS) is 14.4. The Bertz CT molecular complexity index is 446. The van der Waals surface area contributed by atoms with Gasteiger partial charge in [-0.15, -0.1) is 0 Å². The second-order valence-electron chi connectivity index (χ2n) is 3.40. The lowest BCUT2D eigenvalue weighted by molar-refractivity contribution is 0.0812. The standard InChI is InChI=1S/C10H9F2NO2/c1-13-4-5-3-6(11)9(15-2)8(12)7(5)10(13)14/h3H,4H2,1-2H3. The van der Waals surface area contributed by atoms with Crippen molar-refractivity contribution in [2.24, 2.45) is 0 Å². The molecular formula is C10H9F2NO2. The van der Waals surface area contributed by atoms with Gasteiger partial charge in [0.25, 0.3) is 5.91 Å². The first kappa shape index (κ1) is 9.89. The minimum absolute atomic E-state index is 0.0873. The second kappa shape index (κ2) is 3.18. The van der Waals surface area contributed by atoms with Crippen LogP contribution in [0.25, 0.3) is 0 Å². The molecule has 80 valence electrons. The van der Waals surface area contributed by atoms with Crippen LogP contribution in [0.5, 0.6) is 5.75 Å². The SMILES string of the molecule is COc1c(F)cc2c(c1F)C(=O)N(C)C2. The maximum Gasteiger partial charge on any atom is 0.257 e.